The molecular formula is C14H21N3OS. The van der Waals surface area contributed by atoms with Gasteiger partial charge in [0, 0.05) is 5.56 Å². The van der Waals surface area contributed by atoms with Gasteiger partial charge in [0.15, 0.2) is 5.11 Å². The maximum absolute atomic E-state index is 5.77. The molecule has 104 valence electrons. The molecule has 0 heterocycles. The van der Waals surface area contributed by atoms with Crippen molar-refractivity contribution in [2.45, 2.75) is 33.1 Å². The molecule has 1 aromatic carbocycles. The minimum atomic E-state index is 0.148. The molecule has 0 radical (unpaired) electrons. The Morgan fingerprint density at radius 3 is 2.95 bits per heavy atom. The van der Waals surface area contributed by atoms with E-state index >= 15 is 0 Å². The third-order valence-corrected chi connectivity index (χ3v) is 2.64. The minimum Gasteiger partial charge on any atom is -0.493 e. The monoisotopic (exact) mass is 279 g/mol. The Labute approximate surface area is 120 Å². The molecule has 0 fully saturated rings. The number of nitrogens with one attached hydrogen (secondary N) is 1. The zero-order chi connectivity index (χ0) is 14.1. The second-order valence-electron chi connectivity index (χ2n) is 4.33. The number of ether oxygens (including phenoxy) is 1. The SMILES string of the molecule is CCCCCOc1ccc(C)cc1C=NNC(N)=S. The summed E-state index contributed by atoms with van der Waals surface area (Å²) in [6.07, 6.45) is 5.09. The number of hydrazone groups is 1. The summed E-state index contributed by atoms with van der Waals surface area (Å²) in [5, 5.41) is 4.11. The van der Waals surface area contributed by atoms with Crippen molar-refractivity contribution in [3.05, 3.63) is 29.3 Å². The second kappa shape index (κ2) is 8.48. The van der Waals surface area contributed by atoms with Crippen LogP contribution in [-0.2, 0) is 0 Å². The maximum atomic E-state index is 5.77. The van der Waals surface area contributed by atoms with Gasteiger partial charge in [0.25, 0.3) is 0 Å². The predicted molar refractivity (Wildman–Crippen MR) is 83.7 cm³/mol. The zero-order valence-electron chi connectivity index (χ0n) is 11.5. The number of nitrogens with zero attached hydrogens (tertiary/aromatic N) is 1. The Morgan fingerprint density at radius 2 is 2.26 bits per heavy atom. The number of nitrogens with two attached hydrogens (primary N) is 1. The van der Waals surface area contributed by atoms with Gasteiger partial charge in [-0.15, -0.1) is 0 Å². The Kier molecular flexibility index (Phi) is 6.89. The van der Waals surface area contributed by atoms with Crippen molar-refractivity contribution >= 4 is 23.5 Å². The van der Waals surface area contributed by atoms with E-state index in [1.165, 1.54) is 12.8 Å². The average molecular weight is 279 g/mol. The van der Waals surface area contributed by atoms with Crippen molar-refractivity contribution in [2.24, 2.45) is 10.8 Å². The molecule has 0 aliphatic carbocycles. The number of aryl methyl sites for hydroxylation is 1. The van der Waals surface area contributed by atoms with Gasteiger partial charge in [0.05, 0.1) is 12.8 Å². The van der Waals surface area contributed by atoms with Crippen LogP contribution in [0.1, 0.15) is 37.3 Å². The third kappa shape index (κ3) is 6.20. The molecule has 1 aromatic rings. The summed E-state index contributed by atoms with van der Waals surface area (Å²) >= 11 is 4.69. The lowest BCUT2D eigenvalue weighted by atomic mass is 10.1. The Morgan fingerprint density at radius 1 is 1.47 bits per heavy atom. The van der Waals surface area contributed by atoms with Gasteiger partial charge in [0.2, 0.25) is 0 Å². The smallest absolute Gasteiger partial charge is 0.184 e. The van der Waals surface area contributed by atoms with Gasteiger partial charge in [0.1, 0.15) is 5.75 Å². The summed E-state index contributed by atoms with van der Waals surface area (Å²) in [5.41, 5.74) is 9.92. The van der Waals surface area contributed by atoms with Gasteiger partial charge in [-0.2, -0.15) is 5.10 Å². The van der Waals surface area contributed by atoms with Crippen LogP contribution in [0.25, 0.3) is 0 Å². The van der Waals surface area contributed by atoms with Crippen molar-refractivity contribution in [3.8, 4) is 5.75 Å². The van der Waals surface area contributed by atoms with Gasteiger partial charge in [-0.25, -0.2) is 0 Å². The molecular weight excluding hydrogens is 258 g/mol. The van der Waals surface area contributed by atoms with Crippen LogP contribution in [0.2, 0.25) is 0 Å². The van der Waals surface area contributed by atoms with E-state index in [1.807, 2.05) is 25.1 Å². The van der Waals surface area contributed by atoms with Gasteiger partial charge in [-0.3, -0.25) is 5.43 Å². The lowest BCUT2D eigenvalue weighted by molar-refractivity contribution is 0.306. The summed E-state index contributed by atoms with van der Waals surface area (Å²) in [6, 6.07) is 6.00. The number of unbranched alkanes of at least 4 members (excludes halogenated alkanes) is 2. The Bertz CT molecular complexity index is 446. The van der Waals surface area contributed by atoms with Crippen LogP contribution in [0, 0.1) is 6.92 Å². The van der Waals surface area contributed by atoms with E-state index in [2.05, 4.69) is 17.5 Å². The molecule has 4 nitrogen and oxygen atoms in total. The molecule has 0 spiro atoms. The molecule has 19 heavy (non-hydrogen) atoms. The van der Waals surface area contributed by atoms with E-state index < -0.39 is 0 Å². The average Bonchev–Trinajstić information content (AvgIpc) is 2.36. The van der Waals surface area contributed by atoms with Crippen molar-refractivity contribution in [3.63, 3.8) is 0 Å². The van der Waals surface area contributed by atoms with Crippen LogP contribution in [0.15, 0.2) is 23.3 Å². The molecule has 0 saturated carbocycles. The molecule has 0 unspecified atom stereocenters. The van der Waals surface area contributed by atoms with Gasteiger partial charge >= 0.3 is 0 Å². The number of rotatable bonds is 7. The number of thiocarbonyl (C=S) groups is 1. The van der Waals surface area contributed by atoms with E-state index in [9.17, 15) is 0 Å². The summed E-state index contributed by atoms with van der Waals surface area (Å²) < 4.78 is 5.77. The summed E-state index contributed by atoms with van der Waals surface area (Å²) in [6.45, 7) is 4.92. The van der Waals surface area contributed by atoms with Crippen molar-refractivity contribution in [2.75, 3.05) is 6.61 Å². The molecule has 5 heteroatoms. The highest BCUT2D eigenvalue weighted by Crippen LogP contribution is 2.18. The number of hydrogen-bond acceptors (Lipinski definition) is 3. The Hall–Kier alpha value is -1.62. The summed E-state index contributed by atoms with van der Waals surface area (Å²) in [5.74, 6) is 0.829. The van der Waals surface area contributed by atoms with E-state index in [-0.39, 0.29) is 5.11 Å². The van der Waals surface area contributed by atoms with Crippen molar-refractivity contribution in [1.29, 1.82) is 0 Å². The zero-order valence-corrected chi connectivity index (χ0v) is 12.3. The van der Waals surface area contributed by atoms with Gasteiger partial charge in [-0.1, -0.05) is 31.4 Å². The van der Waals surface area contributed by atoms with E-state index in [1.54, 1.807) is 6.21 Å². The van der Waals surface area contributed by atoms with Crippen molar-refractivity contribution in [1.82, 2.24) is 5.43 Å². The summed E-state index contributed by atoms with van der Waals surface area (Å²) in [4.78, 5) is 0. The third-order valence-electron chi connectivity index (χ3n) is 2.55. The first kappa shape index (κ1) is 15.4. The maximum Gasteiger partial charge on any atom is 0.184 e. The summed E-state index contributed by atoms with van der Waals surface area (Å²) in [7, 11) is 0. The molecule has 0 aliphatic heterocycles. The highest BCUT2D eigenvalue weighted by Gasteiger charge is 2.02. The van der Waals surface area contributed by atoms with Crippen LogP contribution in [0.3, 0.4) is 0 Å². The van der Waals surface area contributed by atoms with E-state index in [4.69, 9.17) is 22.7 Å². The lowest BCUT2D eigenvalue weighted by Gasteiger charge is -2.09. The van der Waals surface area contributed by atoms with Gasteiger partial charge < -0.3 is 10.5 Å². The van der Waals surface area contributed by atoms with Crippen LogP contribution in [-0.4, -0.2) is 17.9 Å². The van der Waals surface area contributed by atoms with Crippen molar-refractivity contribution < 1.29 is 4.74 Å². The fourth-order valence-electron chi connectivity index (χ4n) is 1.60. The number of benzene rings is 1. The topological polar surface area (TPSA) is 59.6 Å². The first-order valence-corrected chi connectivity index (χ1v) is 6.86. The van der Waals surface area contributed by atoms with Crippen LogP contribution < -0.4 is 15.9 Å². The molecule has 0 atom stereocenters. The standard InChI is InChI=1S/C14H21N3OS/c1-3-4-5-8-18-13-7-6-11(2)9-12(13)10-16-17-14(15)19/h6-7,9-10H,3-5,8H2,1-2H3,(H3,15,17,19). The quantitative estimate of drug-likeness (QED) is 0.349. The second-order valence-corrected chi connectivity index (χ2v) is 4.77. The van der Waals surface area contributed by atoms with E-state index in [0.29, 0.717) is 0 Å². The molecule has 0 saturated heterocycles. The highest BCUT2D eigenvalue weighted by molar-refractivity contribution is 7.80. The fourth-order valence-corrected chi connectivity index (χ4v) is 1.65. The largest absolute Gasteiger partial charge is 0.493 e. The van der Waals surface area contributed by atoms with E-state index in [0.717, 1.165) is 29.9 Å². The first-order valence-electron chi connectivity index (χ1n) is 6.45. The normalized spacial score (nSPS) is 10.6. The molecule has 0 amide bonds. The molecule has 0 bridgehead atoms. The molecule has 3 N–H and O–H groups in total. The molecule has 1 rings (SSSR count). The lowest BCUT2D eigenvalue weighted by Crippen LogP contribution is -2.24. The van der Waals surface area contributed by atoms with Gasteiger partial charge in [-0.05, 0) is 37.7 Å². The molecule has 0 aliphatic rings. The number of hydrogen-bond donors (Lipinski definition) is 2. The molecule has 0 aromatic heterocycles. The minimum absolute atomic E-state index is 0.148. The van der Waals surface area contributed by atoms with Crippen LogP contribution in [0.4, 0.5) is 0 Å². The highest BCUT2D eigenvalue weighted by atomic mass is 32.1. The predicted octanol–water partition coefficient (Wildman–Crippen LogP) is 2.73. The Balaban J connectivity index is 2.68. The van der Waals surface area contributed by atoms with Crippen LogP contribution in [0.5, 0.6) is 5.75 Å². The fraction of sp³-hybridized carbons (Fsp3) is 0.429. The first-order chi connectivity index (χ1) is 9.13. The van der Waals surface area contributed by atoms with Crippen LogP contribution >= 0.6 is 12.2 Å².